The molecule has 1 aliphatic carbocycles. The van der Waals surface area contributed by atoms with E-state index in [-0.39, 0.29) is 6.10 Å². The maximum atomic E-state index is 11.5. The molecule has 0 radical (unpaired) electrons. The molecule has 1 heterocycles. The topological polar surface area (TPSA) is 40.5 Å². The molecule has 0 aromatic rings. The third kappa shape index (κ3) is 2.83. The number of likely N-dealkylation sites (tertiary alicyclic amines) is 1. The van der Waals surface area contributed by atoms with Crippen molar-refractivity contribution < 1.29 is 9.90 Å². The molecule has 0 aromatic carbocycles. The molecule has 2 aliphatic rings. The van der Waals surface area contributed by atoms with Crippen molar-refractivity contribution >= 4 is 5.78 Å². The molecule has 16 heavy (non-hydrogen) atoms. The molecule has 0 bridgehead atoms. The van der Waals surface area contributed by atoms with Crippen LogP contribution in [0.3, 0.4) is 0 Å². The predicted molar refractivity (Wildman–Crippen MR) is 63.2 cm³/mol. The van der Waals surface area contributed by atoms with E-state index in [4.69, 9.17) is 0 Å². The molecular formula is C13H23NO2. The average Bonchev–Trinajstić information content (AvgIpc) is 2.83. The van der Waals surface area contributed by atoms with E-state index >= 15 is 0 Å². The molecule has 1 saturated carbocycles. The van der Waals surface area contributed by atoms with E-state index < -0.39 is 0 Å². The number of ketones is 1. The SMILES string of the molecule is CC(O)C1CCN(CCC2CCCC2=O)C1. The van der Waals surface area contributed by atoms with E-state index in [1.54, 1.807) is 0 Å². The van der Waals surface area contributed by atoms with Gasteiger partial charge in [0.1, 0.15) is 5.78 Å². The molecule has 3 unspecified atom stereocenters. The van der Waals surface area contributed by atoms with E-state index in [2.05, 4.69) is 4.90 Å². The summed E-state index contributed by atoms with van der Waals surface area (Å²) in [6, 6.07) is 0. The Morgan fingerprint density at radius 1 is 1.50 bits per heavy atom. The van der Waals surface area contributed by atoms with Gasteiger partial charge in [0.25, 0.3) is 0 Å². The lowest BCUT2D eigenvalue weighted by atomic mass is 10.0. The first-order valence-corrected chi connectivity index (χ1v) is 6.60. The Morgan fingerprint density at radius 2 is 2.31 bits per heavy atom. The lowest BCUT2D eigenvalue weighted by molar-refractivity contribution is -0.120. The largest absolute Gasteiger partial charge is 0.393 e. The molecule has 0 aromatic heterocycles. The number of aliphatic hydroxyl groups excluding tert-OH is 1. The van der Waals surface area contributed by atoms with Crippen LogP contribution in [0.4, 0.5) is 0 Å². The van der Waals surface area contributed by atoms with Crippen molar-refractivity contribution in [2.75, 3.05) is 19.6 Å². The number of Topliss-reactive ketones (excluding diaryl/α,β-unsaturated/α-hetero) is 1. The standard InChI is InChI=1S/C13H23NO2/c1-10(15)12-6-8-14(9-12)7-5-11-3-2-4-13(11)16/h10-12,15H,2-9H2,1H3. The fourth-order valence-electron chi connectivity index (χ4n) is 2.99. The van der Waals surface area contributed by atoms with E-state index in [0.717, 1.165) is 51.7 Å². The zero-order valence-electron chi connectivity index (χ0n) is 10.2. The third-order valence-electron chi connectivity index (χ3n) is 4.22. The highest BCUT2D eigenvalue weighted by molar-refractivity contribution is 5.82. The van der Waals surface area contributed by atoms with Crippen LogP contribution in [0, 0.1) is 11.8 Å². The summed E-state index contributed by atoms with van der Waals surface area (Å²) in [5.74, 6) is 1.26. The van der Waals surface area contributed by atoms with Gasteiger partial charge in [-0.1, -0.05) is 0 Å². The molecule has 1 aliphatic heterocycles. The fourth-order valence-corrected chi connectivity index (χ4v) is 2.99. The van der Waals surface area contributed by atoms with Crippen LogP contribution in [0.2, 0.25) is 0 Å². The number of rotatable bonds is 4. The van der Waals surface area contributed by atoms with E-state index in [0.29, 0.717) is 17.6 Å². The number of carbonyl (C=O) groups is 1. The molecule has 2 fully saturated rings. The minimum atomic E-state index is -0.182. The van der Waals surface area contributed by atoms with Crippen LogP contribution in [-0.4, -0.2) is 41.5 Å². The number of hydrogen-bond donors (Lipinski definition) is 1. The molecular weight excluding hydrogens is 202 g/mol. The van der Waals surface area contributed by atoms with Crippen LogP contribution < -0.4 is 0 Å². The second-order valence-corrected chi connectivity index (χ2v) is 5.43. The Morgan fingerprint density at radius 3 is 2.88 bits per heavy atom. The first kappa shape index (κ1) is 12.1. The normalized spacial score (nSPS) is 33.5. The molecule has 92 valence electrons. The van der Waals surface area contributed by atoms with Crippen LogP contribution in [0.15, 0.2) is 0 Å². The highest BCUT2D eigenvalue weighted by Gasteiger charge is 2.28. The van der Waals surface area contributed by atoms with Gasteiger partial charge >= 0.3 is 0 Å². The van der Waals surface area contributed by atoms with Gasteiger partial charge in [0.05, 0.1) is 6.10 Å². The third-order valence-corrected chi connectivity index (χ3v) is 4.22. The fraction of sp³-hybridized carbons (Fsp3) is 0.923. The smallest absolute Gasteiger partial charge is 0.136 e. The summed E-state index contributed by atoms with van der Waals surface area (Å²) in [4.78, 5) is 13.9. The number of hydrogen-bond acceptors (Lipinski definition) is 3. The molecule has 1 saturated heterocycles. The van der Waals surface area contributed by atoms with E-state index in [9.17, 15) is 9.90 Å². The van der Waals surface area contributed by atoms with Gasteiger partial charge < -0.3 is 10.0 Å². The minimum Gasteiger partial charge on any atom is -0.393 e. The van der Waals surface area contributed by atoms with Crippen molar-refractivity contribution in [1.29, 1.82) is 0 Å². The van der Waals surface area contributed by atoms with Crippen LogP contribution >= 0.6 is 0 Å². The van der Waals surface area contributed by atoms with Gasteiger partial charge in [0.2, 0.25) is 0 Å². The lowest BCUT2D eigenvalue weighted by Crippen LogP contribution is -2.27. The van der Waals surface area contributed by atoms with Gasteiger partial charge in [-0.05, 0) is 51.6 Å². The summed E-state index contributed by atoms with van der Waals surface area (Å²) in [6.07, 6.45) is 4.97. The van der Waals surface area contributed by atoms with E-state index in [1.807, 2.05) is 6.92 Å². The lowest BCUT2D eigenvalue weighted by Gasteiger charge is -2.18. The van der Waals surface area contributed by atoms with Gasteiger partial charge in [-0.2, -0.15) is 0 Å². The Hall–Kier alpha value is -0.410. The second-order valence-electron chi connectivity index (χ2n) is 5.43. The van der Waals surface area contributed by atoms with Gasteiger partial charge in [-0.25, -0.2) is 0 Å². The summed E-state index contributed by atoms with van der Waals surface area (Å²) in [7, 11) is 0. The average molecular weight is 225 g/mol. The van der Waals surface area contributed by atoms with Gasteiger partial charge in [0, 0.05) is 18.9 Å². The Labute approximate surface area is 97.8 Å². The minimum absolute atomic E-state index is 0.182. The highest BCUT2D eigenvalue weighted by atomic mass is 16.3. The van der Waals surface area contributed by atoms with Crippen molar-refractivity contribution in [3.8, 4) is 0 Å². The molecule has 3 atom stereocenters. The van der Waals surface area contributed by atoms with Gasteiger partial charge in [-0.3, -0.25) is 4.79 Å². The Kier molecular flexibility index (Phi) is 3.98. The number of aliphatic hydroxyl groups is 1. The molecule has 3 nitrogen and oxygen atoms in total. The monoisotopic (exact) mass is 225 g/mol. The predicted octanol–water partition coefficient (Wildman–Crippen LogP) is 1.45. The maximum absolute atomic E-state index is 11.5. The first-order chi connectivity index (χ1) is 7.66. The van der Waals surface area contributed by atoms with E-state index in [1.165, 1.54) is 0 Å². The highest BCUT2D eigenvalue weighted by Crippen LogP contribution is 2.26. The van der Waals surface area contributed by atoms with Gasteiger partial charge in [-0.15, -0.1) is 0 Å². The first-order valence-electron chi connectivity index (χ1n) is 6.60. The van der Waals surface area contributed by atoms with Crippen molar-refractivity contribution in [1.82, 2.24) is 4.90 Å². The van der Waals surface area contributed by atoms with Crippen molar-refractivity contribution in [3.05, 3.63) is 0 Å². The Bertz CT molecular complexity index is 252. The summed E-state index contributed by atoms with van der Waals surface area (Å²) in [5.41, 5.74) is 0. The van der Waals surface area contributed by atoms with Crippen LogP contribution in [0.25, 0.3) is 0 Å². The zero-order chi connectivity index (χ0) is 11.5. The molecule has 2 rings (SSSR count). The summed E-state index contributed by atoms with van der Waals surface area (Å²) in [6.45, 7) is 5.03. The van der Waals surface area contributed by atoms with Crippen molar-refractivity contribution in [2.24, 2.45) is 11.8 Å². The summed E-state index contributed by atoms with van der Waals surface area (Å²) >= 11 is 0. The molecule has 1 N–H and O–H groups in total. The summed E-state index contributed by atoms with van der Waals surface area (Å²) < 4.78 is 0. The quantitative estimate of drug-likeness (QED) is 0.787. The summed E-state index contributed by atoms with van der Waals surface area (Å²) in [5, 5.41) is 9.51. The zero-order valence-corrected chi connectivity index (χ0v) is 10.2. The second kappa shape index (κ2) is 5.28. The molecule has 0 amide bonds. The Balaban J connectivity index is 1.69. The van der Waals surface area contributed by atoms with Crippen molar-refractivity contribution in [2.45, 2.75) is 45.1 Å². The van der Waals surface area contributed by atoms with Crippen LogP contribution in [-0.2, 0) is 4.79 Å². The maximum Gasteiger partial charge on any atom is 0.136 e. The van der Waals surface area contributed by atoms with Crippen molar-refractivity contribution in [3.63, 3.8) is 0 Å². The molecule has 0 spiro atoms. The number of carbonyl (C=O) groups excluding carboxylic acids is 1. The molecule has 3 heteroatoms. The number of nitrogens with zero attached hydrogens (tertiary/aromatic N) is 1. The van der Waals surface area contributed by atoms with Crippen LogP contribution in [0.5, 0.6) is 0 Å². The van der Waals surface area contributed by atoms with Crippen LogP contribution in [0.1, 0.15) is 39.0 Å². The van der Waals surface area contributed by atoms with Gasteiger partial charge in [0.15, 0.2) is 0 Å².